The van der Waals surface area contributed by atoms with Gasteiger partial charge in [-0.15, -0.1) is 0 Å². The Kier molecular flexibility index (Phi) is 6.33. The molecule has 0 bridgehead atoms. The van der Waals surface area contributed by atoms with E-state index in [0.717, 1.165) is 13.0 Å². The van der Waals surface area contributed by atoms with E-state index in [1.165, 1.54) is 36.8 Å². The van der Waals surface area contributed by atoms with Crippen molar-refractivity contribution < 1.29 is 0 Å². The fourth-order valence-electron chi connectivity index (χ4n) is 2.74. The molecule has 2 aromatic rings. The van der Waals surface area contributed by atoms with Gasteiger partial charge in [0.2, 0.25) is 0 Å². The van der Waals surface area contributed by atoms with Crippen LogP contribution in [0.5, 0.6) is 0 Å². The van der Waals surface area contributed by atoms with Gasteiger partial charge in [0.15, 0.2) is 0 Å². The first-order chi connectivity index (χ1) is 9.92. The van der Waals surface area contributed by atoms with Crippen molar-refractivity contribution in [2.75, 3.05) is 6.54 Å². The minimum Gasteiger partial charge on any atom is -0.330 e. The molecule has 2 rings (SSSR count). The van der Waals surface area contributed by atoms with Crippen LogP contribution in [-0.2, 0) is 0 Å². The van der Waals surface area contributed by atoms with Crippen LogP contribution in [0.15, 0.2) is 60.7 Å². The van der Waals surface area contributed by atoms with Crippen LogP contribution >= 0.6 is 0 Å². The summed E-state index contributed by atoms with van der Waals surface area (Å²) in [6, 6.07) is 21.7. The zero-order valence-corrected chi connectivity index (χ0v) is 12.2. The first-order valence-corrected chi connectivity index (χ1v) is 7.72. The number of unbranched alkanes of at least 4 members (excludes halogenated alkanes) is 3. The smallest absolute Gasteiger partial charge is 0.00893 e. The fourth-order valence-corrected chi connectivity index (χ4v) is 2.74. The van der Waals surface area contributed by atoms with Gasteiger partial charge in [0.05, 0.1) is 0 Å². The van der Waals surface area contributed by atoms with Crippen molar-refractivity contribution in [1.82, 2.24) is 0 Å². The van der Waals surface area contributed by atoms with E-state index in [1.54, 1.807) is 0 Å². The van der Waals surface area contributed by atoms with Crippen LogP contribution in [0.4, 0.5) is 0 Å². The van der Waals surface area contributed by atoms with E-state index < -0.39 is 0 Å². The highest BCUT2D eigenvalue weighted by atomic mass is 14.5. The normalized spacial score (nSPS) is 10.9. The summed E-state index contributed by atoms with van der Waals surface area (Å²) in [6.07, 6.45) is 6.19. The Morgan fingerprint density at radius 3 is 1.65 bits per heavy atom. The number of nitrogens with two attached hydrogens (primary N) is 1. The van der Waals surface area contributed by atoms with Crippen molar-refractivity contribution in [3.63, 3.8) is 0 Å². The van der Waals surface area contributed by atoms with Gasteiger partial charge < -0.3 is 5.73 Å². The van der Waals surface area contributed by atoms with Gasteiger partial charge in [-0.2, -0.15) is 0 Å². The number of benzene rings is 2. The largest absolute Gasteiger partial charge is 0.330 e. The van der Waals surface area contributed by atoms with Gasteiger partial charge >= 0.3 is 0 Å². The molecule has 0 spiro atoms. The van der Waals surface area contributed by atoms with E-state index in [1.807, 2.05) is 0 Å². The molecule has 0 aliphatic carbocycles. The molecule has 0 heterocycles. The Morgan fingerprint density at radius 1 is 0.650 bits per heavy atom. The molecular weight excluding hydrogens is 242 g/mol. The van der Waals surface area contributed by atoms with Crippen molar-refractivity contribution in [3.05, 3.63) is 71.8 Å². The van der Waals surface area contributed by atoms with Crippen molar-refractivity contribution in [2.24, 2.45) is 5.73 Å². The van der Waals surface area contributed by atoms with E-state index in [-0.39, 0.29) is 0 Å². The quantitative estimate of drug-likeness (QED) is 0.688. The SMILES string of the molecule is NCCCCCCC(c1ccccc1)c1ccccc1. The number of hydrogen-bond acceptors (Lipinski definition) is 1. The molecule has 0 amide bonds. The lowest BCUT2D eigenvalue weighted by atomic mass is 9.87. The van der Waals surface area contributed by atoms with Crippen LogP contribution in [-0.4, -0.2) is 6.54 Å². The maximum atomic E-state index is 5.55. The lowest BCUT2D eigenvalue weighted by Gasteiger charge is -2.18. The molecule has 106 valence electrons. The molecule has 0 aliphatic heterocycles. The van der Waals surface area contributed by atoms with Crippen molar-refractivity contribution in [1.29, 1.82) is 0 Å². The van der Waals surface area contributed by atoms with Crippen LogP contribution in [0, 0.1) is 0 Å². The molecule has 0 unspecified atom stereocenters. The molecule has 2 aromatic carbocycles. The number of rotatable bonds is 8. The molecule has 0 fully saturated rings. The summed E-state index contributed by atoms with van der Waals surface area (Å²) < 4.78 is 0. The third-order valence-corrected chi connectivity index (χ3v) is 3.85. The number of hydrogen-bond donors (Lipinski definition) is 1. The highest BCUT2D eigenvalue weighted by Gasteiger charge is 2.12. The van der Waals surface area contributed by atoms with Gasteiger partial charge in [-0.3, -0.25) is 0 Å². The molecule has 2 N–H and O–H groups in total. The Morgan fingerprint density at radius 2 is 1.15 bits per heavy atom. The lowest BCUT2D eigenvalue weighted by molar-refractivity contribution is 0.587. The van der Waals surface area contributed by atoms with Crippen molar-refractivity contribution in [3.8, 4) is 0 Å². The van der Waals surface area contributed by atoms with Crippen LogP contribution < -0.4 is 5.73 Å². The Bertz CT molecular complexity index is 424. The van der Waals surface area contributed by atoms with Crippen molar-refractivity contribution >= 4 is 0 Å². The first kappa shape index (κ1) is 14.8. The van der Waals surface area contributed by atoms with Crippen LogP contribution in [0.2, 0.25) is 0 Å². The summed E-state index contributed by atoms with van der Waals surface area (Å²) in [7, 11) is 0. The summed E-state index contributed by atoms with van der Waals surface area (Å²) >= 11 is 0. The van der Waals surface area contributed by atoms with E-state index >= 15 is 0 Å². The van der Waals surface area contributed by atoms with Crippen LogP contribution in [0.25, 0.3) is 0 Å². The Labute approximate surface area is 122 Å². The minimum atomic E-state index is 0.523. The Balaban J connectivity index is 2.02. The summed E-state index contributed by atoms with van der Waals surface area (Å²) in [5.41, 5.74) is 8.41. The topological polar surface area (TPSA) is 26.0 Å². The maximum Gasteiger partial charge on any atom is 0.00893 e. The predicted octanol–water partition coefficient (Wildman–Crippen LogP) is 4.73. The summed E-state index contributed by atoms with van der Waals surface area (Å²) in [5, 5.41) is 0. The average Bonchev–Trinajstić information content (AvgIpc) is 2.53. The third-order valence-electron chi connectivity index (χ3n) is 3.85. The molecular formula is C19H25N. The van der Waals surface area contributed by atoms with Crippen molar-refractivity contribution in [2.45, 2.75) is 38.0 Å². The van der Waals surface area contributed by atoms with Gasteiger partial charge in [0.1, 0.15) is 0 Å². The Hall–Kier alpha value is -1.60. The minimum absolute atomic E-state index is 0.523. The summed E-state index contributed by atoms with van der Waals surface area (Å²) in [5.74, 6) is 0.523. The monoisotopic (exact) mass is 267 g/mol. The molecule has 0 saturated carbocycles. The molecule has 0 radical (unpaired) electrons. The standard InChI is InChI=1S/C19H25N/c20-16-10-2-1-9-15-19(17-11-5-3-6-12-17)18-13-7-4-8-14-18/h3-8,11-14,19H,1-2,9-10,15-16,20H2. The highest BCUT2D eigenvalue weighted by Crippen LogP contribution is 2.29. The molecule has 0 aromatic heterocycles. The second-order valence-electron chi connectivity index (χ2n) is 5.37. The van der Waals surface area contributed by atoms with E-state index in [9.17, 15) is 0 Å². The maximum absolute atomic E-state index is 5.55. The molecule has 0 atom stereocenters. The van der Waals surface area contributed by atoms with Crippen LogP contribution in [0.3, 0.4) is 0 Å². The van der Waals surface area contributed by atoms with Gasteiger partial charge in [0.25, 0.3) is 0 Å². The molecule has 0 saturated heterocycles. The van der Waals surface area contributed by atoms with Crippen LogP contribution in [0.1, 0.15) is 49.1 Å². The first-order valence-electron chi connectivity index (χ1n) is 7.72. The molecule has 1 nitrogen and oxygen atoms in total. The lowest BCUT2D eigenvalue weighted by Crippen LogP contribution is -2.02. The van der Waals surface area contributed by atoms with Gasteiger partial charge in [0, 0.05) is 5.92 Å². The summed E-state index contributed by atoms with van der Waals surface area (Å²) in [4.78, 5) is 0. The second-order valence-corrected chi connectivity index (χ2v) is 5.37. The predicted molar refractivity (Wildman–Crippen MR) is 86.9 cm³/mol. The highest BCUT2D eigenvalue weighted by molar-refractivity contribution is 5.32. The molecule has 0 aliphatic rings. The zero-order valence-electron chi connectivity index (χ0n) is 12.2. The van der Waals surface area contributed by atoms with Gasteiger partial charge in [-0.25, -0.2) is 0 Å². The average molecular weight is 267 g/mol. The third kappa shape index (κ3) is 4.50. The van der Waals surface area contributed by atoms with Gasteiger partial charge in [-0.05, 0) is 30.5 Å². The van der Waals surface area contributed by atoms with E-state index in [4.69, 9.17) is 5.73 Å². The van der Waals surface area contributed by atoms with E-state index in [2.05, 4.69) is 60.7 Å². The molecule has 1 heteroatoms. The van der Waals surface area contributed by atoms with Gasteiger partial charge in [-0.1, -0.05) is 79.9 Å². The second kappa shape index (κ2) is 8.55. The summed E-state index contributed by atoms with van der Waals surface area (Å²) in [6.45, 7) is 0.820. The zero-order chi connectivity index (χ0) is 14.0. The fraction of sp³-hybridized carbons (Fsp3) is 0.368. The van der Waals surface area contributed by atoms with E-state index in [0.29, 0.717) is 5.92 Å². The molecule has 20 heavy (non-hydrogen) atoms.